The summed E-state index contributed by atoms with van der Waals surface area (Å²) in [4.78, 5) is 10.4. The molecule has 0 aromatic heterocycles. The van der Waals surface area contributed by atoms with E-state index in [0.29, 0.717) is 0 Å². The van der Waals surface area contributed by atoms with Gasteiger partial charge >= 0.3 is 5.97 Å². The number of methoxy groups -OCH3 is 1. The lowest BCUT2D eigenvalue weighted by atomic mass is 10.1. The van der Waals surface area contributed by atoms with Crippen molar-refractivity contribution < 1.29 is 24.1 Å². The van der Waals surface area contributed by atoms with Crippen LogP contribution in [-0.4, -0.2) is 23.3 Å². The molecule has 1 unspecified atom stereocenters. The normalized spacial score (nSPS) is 12.2. The van der Waals surface area contributed by atoms with Crippen LogP contribution in [0.15, 0.2) is 12.1 Å². The number of carboxylic acid groups (broad SMARTS) is 1. The number of hydrogen-bond acceptors (Lipinski definition) is 3. The van der Waals surface area contributed by atoms with Crippen LogP contribution in [-0.2, 0) is 4.79 Å². The summed E-state index contributed by atoms with van der Waals surface area (Å²) < 4.78 is 17.8. The van der Waals surface area contributed by atoms with E-state index < -0.39 is 12.1 Å². The lowest BCUT2D eigenvalue weighted by molar-refractivity contribution is -0.143. The van der Waals surface area contributed by atoms with Gasteiger partial charge in [-0.2, -0.15) is 0 Å². The van der Waals surface area contributed by atoms with Crippen molar-refractivity contribution in [3.63, 3.8) is 0 Å². The molecule has 1 atom stereocenters. The van der Waals surface area contributed by atoms with Gasteiger partial charge in [-0.05, 0) is 6.07 Å². The summed E-state index contributed by atoms with van der Waals surface area (Å²) in [5, 5.41) is 17.5. The molecule has 15 heavy (non-hydrogen) atoms. The Morgan fingerprint density at radius 2 is 2.20 bits per heavy atom. The van der Waals surface area contributed by atoms with Crippen molar-refractivity contribution >= 4 is 17.6 Å². The summed E-state index contributed by atoms with van der Waals surface area (Å²) in [7, 11) is 1.26. The Morgan fingerprint density at radius 3 is 2.67 bits per heavy atom. The number of phenolic OH excluding ortho intramolecular Hbond substituents is 1. The Bertz CT molecular complexity index is 394. The Morgan fingerprint density at radius 1 is 1.60 bits per heavy atom. The molecule has 0 amide bonds. The molecule has 0 aliphatic heterocycles. The third-order valence-electron chi connectivity index (χ3n) is 1.79. The van der Waals surface area contributed by atoms with Crippen molar-refractivity contribution in [1.82, 2.24) is 0 Å². The van der Waals surface area contributed by atoms with Gasteiger partial charge in [-0.25, -0.2) is 9.18 Å². The molecule has 1 aromatic carbocycles. The molecule has 0 fully saturated rings. The molecule has 82 valence electrons. The lowest BCUT2D eigenvalue weighted by Gasteiger charge is -2.09. The van der Waals surface area contributed by atoms with Gasteiger partial charge in [-0.3, -0.25) is 0 Å². The van der Waals surface area contributed by atoms with Crippen LogP contribution < -0.4 is 4.74 Å². The summed E-state index contributed by atoms with van der Waals surface area (Å²) in [6.45, 7) is 0. The number of benzene rings is 1. The molecule has 6 heteroatoms. The monoisotopic (exact) mass is 234 g/mol. The highest BCUT2D eigenvalue weighted by molar-refractivity contribution is 6.31. The van der Waals surface area contributed by atoms with Gasteiger partial charge in [-0.1, -0.05) is 11.6 Å². The maximum atomic E-state index is 13.1. The number of phenols is 1. The number of ether oxygens (including phenoxy) is 1. The third kappa shape index (κ3) is 2.30. The number of halogens is 2. The number of alkyl halides is 1. The highest BCUT2D eigenvalue weighted by Crippen LogP contribution is 2.36. The van der Waals surface area contributed by atoms with E-state index in [1.54, 1.807) is 0 Å². The lowest BCUT2D eigenvalue weighted by Crippen LogP contribution is -2.06. The zero-order valence-electron chi connectivity index (χ0n) is 7.70. The molecule has 0 aliphatic rings. The van der Waals surface area contributed by atoms with Crippen molar-refractivity contribution in [2.24, 2.45) is 0 Å². The van der Waals surface area contributed by atoms with Crippen molar-refractivity contribution in [2.45, 2.75) is 6.17 Å². The predicted molar refractivity (Wildman–Crippen MR) is 51.2 cm³/mol. The second-order valence-electron chi connectivity index (χ2n) is 2.75. The van der Waals surface area contributed by atoms with E-state index >= 15 is 0 Å². The molecule has 2 N–H and O–H groups in total. The van der Waals surface area contributed by atoms with Gasteiger partial charge in [0.25, 0.3) is 0 Å². The van der Waals surface area contributed by atoms with Gasteiger partial charge in [0.1, 0.15) is 0 Å². The van der Waals surface area contributed by atoms with Gasteiger partial charge in [-0.15, -0.1) is 0 Å². The standard InChI is InChI=1S/C9H8ClFO4/c1-15-7-2-4(8(11)9(13)14)5(10)3-6(7)12/h2-3,8,12H,1H3,(H,13,14). The second-order valence-corrected chi connectivity index (χ2v) is 3.15. The van der Waals surface area contributed by atoms with Crippen LogP contribution in [0.25, 0.3) is 0 Å². The smallest absolute Gasteiger partial charge is 0.343 e. The van der Waals surface area contributed by atoms with Crippen molar-refractivity contribution in [3.05, 3.63) is 22.7 Å². The Balaban J connectivity index is 3.24. The molecule has 0 aliphatic carbocycles. The molecule has 0 heterocycles. The molecule has 0 spiro atoms. The van der Waals surface area contributed by atoms with E-state index in [1.807, 2.05) is 0 Å². The second kappa shape index (κ2) is 4.35. The van der Waals surface area contributed by atoms with Crippen LogP contribution in [0, 0.1) is 0 Å². The highest BCUT2D eigenvalue weighted by Gasteiger charge is 2.23. The fourth-order valence-electron chi connectivity index (χ4n) is 1.05. The maximum absolute atomic E-state index is 13.1. The SMILES string of the molecule is COc1cc(C(F)C(=O)O)c(Cl)cc1O. The van der Waals surface area contributed by atoms with Gasteiger partial charge in [0.15, 0.2) is 11.5 Å². The Kier molecular flexibility index (Phi) is 3.36. The van der Waals surface area contributed by atoms with E-state index in [2.05, 4.69) is 0 Å². The number of aromatic hydroxyl groups is 1. The number of carboxylic acids is 1. The quantitative estimate of drug-likeness (QED) is 0.841. The van der Waals surface area contributed by atoms with E-state index in [1.165, 1.54) is 7.11 Å². The summed E-state index contributed by atoms with van der Waals surface area (Å²) in [6, 6.07) is 2.09. The summed E-state index contributed by atoms with van der Waals surface area (Å²) in [5.41, 5.74) is -0.251. The van der Waals surface area contributed by atoms with E-state index in [4.69, 9.17) is 21.4 Å². The van der Waals surface area contributed by atoms with E-state index in [9.17, 15) is 14.3 Å². The van der Waals surface area contributed by atoms with E-state index in [0.717, 1.165) is 12.1 Å². The summed E-state index contributed by atoms with van der Waals surface area (Å²) >= 11 is 5.58. The Hall–Kier alpha value is -1.49. The first-order valence-corrected chi connectivity index (χ1v) is 4.28. The van der Waals surface area contributed by atoms with Crippen LogP contribution in [0.4, 0.5) is 4.39 Å². The fourth-order valence-corrected chi connectivity index (χ4v) is 1.30. The first-order valence-electron chi connectivity index (χ1n) is 3.90. The van der Waals surface area contributed by atoms with Gasteiger partial charge in [0.2, 0.25) is 6.17 Å². The van der Waals surface area contributed by atoms with Crippen molar-refractivity contribution in [1.29, 1.82) is 0 Å². The van der Waals surface area contributed by atoms with Crippen LogP contribution in [0.1, 0.15) is 11.7 Å². The first-order chi connectivity index (χ1) is 6.97. The number of hydrogen-bond donors (Lipinski definition) is 2. The zero-order chi connectivity index (χ0) is 11.6. The molecular weight excluding hydrogens is 227 g/mol. The van der Waals surface area contributed by atoms with Crippen molar-refractivity contribution in [2.75, 3.05) is 7.11 Å². The topological polar surface area (TPSA) is 66.8 Å². The first kappa shape index (κ1) is 11.6. The van der Waals surface area contributed by atoms with Crippen molar-refractivity contribution in [3.8, 4) is 11.5 Å². The largest absolute Gasteiger partial charge is 0.504 e. The minimum absolute atomic E-state index is 0.0294. The minimum atomic E-state index is -2.24. The molecule has 0 radical (unpaired) electrons. The van der Waals surface area contributed by atoms with Gasteiger partial charge in [0, 0.05) is 11.6 Å². The van der Waals surface area contributed by atoms with Gasteiger partial charge < -0.3 is 14.9 Å². The molecule has 0 bridgehead atoms. The van der Waals surface area contributed by atoms with Crippen LogP contribution in [0.3, 0.4) is 0 Å². The zero-order valence-corrected chi connectivity index (χ0v) is 8.45. The highest BCUT2D eigenvalue weighted by atomic mass is 35.5. The molecule has 0 saturated carbocycles. The minimum Gasteiger partial charge on any atom is -0.504 e. The van der Waals surface area contributed by atoms with Crippen LogP contribution in [0.2, 0.25) is 5.02 Å². The molecule has 4 nitrogen and oxygen atoms in total. The maximum Gasteiger partial charge on any atom is 0.343 e. The van der Waals surface area contributed by atoms with Crippen LogP contribution in [0.5, 0.6) is 11.5 Å². The molecule has 0 saturated heterocycles. The number of aliphatic carboxylic acids is 1. The third-order valence-corrected chi connectivity index (χ3v) is 2.12. The summed E-state index contributed by atoms with van der Waals surface area (Å²) in [6.07, 6.45) is -2.24. The number of rotatable bonds is 3. The van der Waals surface area contributed by atoms with E-state index in [-0.39, 0.29) is 22.1 Å². The van der Waals surface area contributed by atoms with Gasteiger partial charge in [0.05, 0.1) is 12.1 Å². The average Bonchev–Trinajstić information content (AvgIpc) is 2.17. The molecule has 1 aromatic rings. The van der Waals surface area contributed by atoms with Crippen LogP contribution >= 0.6 is 11.6 Å². The predicted octanol–water partition coefficient (Wildman–Crippen LogP) is 2.15. The summed E-state index contributed by atoms with van der Waals surface area (Å²) in [5.74, 6) is -1.95. The average molecular weight is 235 g/mol. The Labute approximate surface area is 89.9 Å². The molecular formula is C9H8ClFO4. The molecule has 1 rings (SSSR count). The number of carbonyl (C=O) groups is 1. The fraction of sp³-hybridized carbons (Fsp3) is 0.222.